The van der Waals surface area contributed by atoms with Crippen molar-refractivity contribution in [1.82, 2.24) is 34.7 Å². The number of rotatable bonds is 4. The van der Waals surface area contributed by atoms with Crippen LogP contribution in [0.15, 0.2) is 35.5 Å². The topological polar surface area (TPSA) is 126 Å². The molecule has 0 amide bonds. The molecular formula is C24H17F3N8O. The third-order valence-corrected chi connectivity index (χ3v) is 6.41. The van der Waals surface area contributed by atoms with Gasteiger partial charge in [0.2, 0.25) is 0 Å². The van der Waals surface area contributed by atoms with Gasteiger partial charge in [0.1, 0.15) is 28.8 Å². The number of nitrogens with one attached hydrogen (secondary N) is 1. The maximum absolute atomic E-state index is 13.0. The number of fused-ring (bicyclic) bond motifs is 1. The molecule has 0 saturated heterocycles. The maximum Gasteiger partial charge on any atom is 0.433 e. The molecule has 0 aliphatic heterocycles. The summed E-state index contributed by atoms with van der Waals surface area (Å²) in [5.41, 5.74) is -0.551. The number of hydrogen-bond acceptors (Lipinski definition) is 7. The lowest BCUT2D eigenvalue weighted by atomic mass is 9.72. The van der Waals surface area contributed by atoms with Crippen molar-refractivity contribution >= 4 is 11.0 Å². The second kappa shape index (κ2) is 8.57. The molecule has 12 heteroatoms. The molecule has 1 aliphatic rings. The Morgan fingerprint density at radius 1 is 1.17 bits per heavy atom. The molecular weight excluding hydrogens is 473 g/mol. The van der Waals surface area contributed by atoms with Crippen molar-refractivity contribution in [3.63, 3.8) is 0 Å². The molecule has 3 atom stereocenters. The fourth-order valence-electron chi connectivity index (χ4n) is 4.29. The fraction of sp³-hybridized carbons (Fsp3) is 0.292. The van der Waals surface area contributed by atoms with Crippen molar-refractivity contribution in [2.75, 3.05) is 0 Å². The van der Waals surface area contributed by atoms with E-state index in [4.69, 9.17) is 6.42 Å². The SMILES string of the molecule is C#Cc1cnc([C@@H]2CC[C@H]2c2nc3c(c(C#N)nn3C(C)c3ccc(C(F)(F)F)nc3)c(=O)[nH]2)nc1. The molecule has 4 aromatic heterocycles. The van der Waals surface area contributed by atoms with E-state index in [0.717, 1.165) is 25.1 Å². The van der Waals surface area contributed by atoms with E-state index >= 15 is 0 Å². The molecule has 5 rings (SSSR count). The van der Waals surface area contributed by atoms with Gasteiger partial charge < -0.3 is 4.98 Å². The van der Waals surface area contributed by atoms with Crippen LogP contribution in [0.1, 0.15) is 71.8 Å². The highest BCUT2D eigenvalue weighted by Gasteiger charge is 2.38. The van der Waals surface area contributed by atoms with Gasteiger partial charge in [-0.05, 0) is 31.4 Å². The molecule has 0 aromatic carbocycles. The third kappa shape index (κ3) is 3.86. The van der Waals surface area contributed by atoms with E-state index in [0.29, 0.717) is 22.8 Å². The molecule has 1 saturated carbocycles. The molecule has 4 heterocycles. The number of hydrogen-bond donors (Lipinski definition) is 1. The minimum atomic E-state index is -4.57. The van der Waals surface area contributed by atoms with Gasteiger partial charge in [-0.25, -0.2) is 19.6 Å². The zero-order valence-electron chi connectivity index (χ0n) is 18.8. The molecule has 180 valence electrons. The number of nitrogens with zero attached hydrogens (tertiary/aromatic N) is 7. The van der Waals surface area contributed by atoms with Gasteiger partial charge in [0.25, 0.3) is 5.56 Å². The van der Waals surface area contributed by atoms with Gasteiger partial charge in [-0.15, -0.1) is 6.42 Å². The van der Waals surface area contributed by atoms with Crippen molar-refractivity contribution < 1.29 is 13.2 Å². The summed E-state index contributed by atoms with van der Waals surface area (Å²) in [6.07, 6.45) is 6.54. The number of aromatic nitrogens is 7. The van der Waals surface area contributed by atoms with Crippen LogP contribution in [-0.4, -0.2) is 34.7 Å². The van der Waals surface area contributed by atoms with Gasteiger partial charge in [0.15, 0.2) is 11.3 Å². The maximum atomic E-state index is 13.0. The molecule has 1 unspecified atom stereocenters. The van der Waals surface area contributed by atoms with E-state index in [1.54, 1.807) is 19.3 Å². The average molecular weight is 490 g/mol. The standard InChI is InChI=1S/C24H17F3N8O/c1-3-13-9-30-20(31-10-13)15-5-6-16(15)21-32-22-19(23(36)33-21)17(8-28)34-35(22)12(2)14-4-7-18(29-11-14)24(25,26)27/h1,4,7,9-12,15-16H,5-6H2,2H3,(H,32,33,36)/t12?,15-,16-/m1/s1. The van der Waals surface area contributed by atoms with E-state index in [9.17, 15) is 23.2 Å². The van der Waals surface area contributed by atoms with Crippen LogP contribution >= 0.6 is 0 Å². The van der Waals surface area contributed by atoms with Gasteiger partial charge in [0, 0.05) is 30.4 Å². The number of aromatic amines is 1. The quantitative estimate of drug-likeness (QED) is 0.434. The first-order chi connectivity index (χ1) is 17.2. The van der Waals surface area contributed by atoms with Gasteiger partial charge in [-0.2, -0.15) is 23.5 Å². The fourth-order valence-corrected chi connectivity index (χ4v) is 4.29. The van der Waals surface area contributed by atoms with E-state index < -0.39 is 23.5 Å². The zero-order chi connectivity index (χ0) is 25.6. The Balaban J connectivity index is 1.55. The summed E-state index contributed by atoms with van der Waals surface area (Å²) < 4.78 is 40.1. The highest BCUT2D eigenvalue weighted by molar-refractivity contribution is 5.80. The minimum absolute atomic E-state index is 0.0125. The van der Waals surface area contributed by atoms with Crippen LogP contribution in [0, 0.1) is 23.7 Å². The lowest BCUT2D eigenvalue weighted by Gasteiger charge is -2.34. The Kier molecular flexibility index (Phi) is 5.52. The third-order valence-electron chi connectivity index (χ3n) is 6.41. The van der Waals surface area contributed by atoms with Gasteiger partial charge in [-0.3, -0.25) is 9.78 Å². The molecule has 9 nitrogen and oxygen atoms in total. The Bertz CT molecular complexity index is 1590. The lowest BCUT2D eigenvalue weighted by Crippen LogP contribution is -2.28. The zero-order valence-corrected chi connectivity index (χ0v) is 18.8. The molecule has 1 fully saturated rings. The number of H-pyrrole nitrogens is 1. The Morgan fingerprint density at radius 3 is 2.44 bits per heavy atom. The summed E-state index contributed by atoms with van der Waals surface area (Å²) in [6.45, 7) is 1.67. The first kappa shape index (κ1) is 23.2. The molecule has 1 aliphatic carbocycles. The minimum Gasteiger partial charge on any atom is -0.310 e. The second-order valence-corrected chi connectivity index (χ2v) is 8.47. The molecule has 4 aromatic rings. The van der Waals surface area contributed by atoms with Gasteiger partial charge >= 0.3 is 6.18 Å². The van der Waals surface area contributed by atoms with Crippen molar-refractivity contribution in [2.24, 2.45) is 0 Å². The number of pyridine rings is 1. The predicted molar refractivity (Wildman–Crippen MR) is 121 cm³/mol. The van der Waals surface area contributed by atoms with Crippen LogP contribution in [-0.2, 0) is 6.18 Å². The smallest absolute Gasteiger partial charge is 0.310 e. The van der Waals surface area contributed by atoms with Crippen molar-refractivity contribution in [3.8, 4) is 18.4 Å². The highest BCUT2D eigenvalue weighted by atomic mass is 19.4. The molecule has 0 bridgehead atoms. The normalized spacial score (nSPS) is 18.3. The first-order valence-corrected chi connectivity index (χ1v) is 11.0. The Hall–Kier alpha value is -4.58. The number of nitriles is 1. The van der Waals surface area contributed by atoms with Crippen molar-refractivity contribution in [3.05, 3.63) is 75.2 Å². The van der Waals surface area contributed by atoms with E-state index in [2.05, 4.69) is 35.9 Å². The van der Waals surface area contributed by atoms with Crippen LogP contribution in [0.4, 0.5) is 13.2 Å². The summed E-state index contributed by atoms with van der Waals surface area (Å²) in [5, 5.41) is 13.8. The van der Waals surface area contributed by atoms with Crippen LogP contribution in [0.2, 0.25) is 0 Å². The summed E-state index contributed by atoms with van der Waals surface area (Å²) in [6, 6.07) is 3.41. The van der Waals surface area contributed by atoms with Crippen molar-refractivity contribution in [2.45, 2.75) is 43.8 Å². The number of terminal acetylenes is 1. The van der Waals surface area contributed by atoms with Crippen LogP contribution in [0.5, 0.6) is 0 Å². The molecule has 36 heavy (non-hydrogen) atoms. The largest absolute Gasteiger partial charge is 0.433 e. The van der Waals surface area contributed by atoms with E-state index in [-0.39, 0.29) is 28.6 Å². The first-order valence-electron chi connectivity index (χ1n) is 11.0. The highest BCUT2D eigenvalue weighted by Crippen LogP contribution is 2.46. The molecule has 0 radical (unpaired) electrons. The second-order valence-electron chi connectivity index (χ2n) is 8.47. The van der Waals surface area contributed by atoms with Crippen LogP contribution in [0.25, 0.3) is 11.0 Å². The van der Waals surface area contributed by atoms with Crippen molar-refractivity contribution in [1.29, 1.82) is 5.26 Å². The molecule has 0 spiro atoms. The monoisotopic (exact) mass is 490 g/mol. The number of halogens is 3. The molecule has 1 N–H and O–H groups in total. The lowest BCUT2D eigenvalue weighted by molar-refractivity contribution is -0.141. The van der Waals surface area contributed by atoms with Crippen LogP contribution in [0.3, 0.4) is 0 Å². The van der Waals surface area contributed by atoms with Gasteiger partial charge in [0.05, 0.1) is 11.6 Å². The summed E-state index contributed by atoms with van der Waals surface area (Å²) in [4.78, 5) is 32.6. The average Bonchev–Trinajstić information content (AvgIpc) is 3.22. The van der Waals surface area contributed by atoms with Gasteiger partial charge in [-0.1, -0.05) is 12.0 Å². The Morgan fingerprint density at radius 2 is 1.89 bits per heavy atom. The summed E-state index contributed by atoms with van der Waals surface area (Å²) >= 11 is 0. The summed E-state index contributed by atoms with van der Waals surface area (Å²) in [5.74, 6) is 3.20. The predicted octanol–water partition coefficient (Wildman–Crippen LogP) is 3.45. The summed E-state index contributed by atoms with van der Waals surface area (Å²) in [7, 11) is 0. The van der Waals surface area contributed by atoms with E-state index in [1.165, 1.54) is 10.7 Å². The number of alkyl halides is 3. The van der Waals surface area contributed by atoms with E-state index in [1.807, 2.05) is 6.07 Å². The Labute approximate surface area is 202 Å². The van der Waals surface area contributed by atoms with Crippen LogP contribution < -0.4 is 5.56 Å².